The van der Waals surface area contributed by atoms with Gasteiger partial charge in [-0.05, 0) is 99.3 Å². The molecule has 31 heavy (non-hydrogen) atoms. The van der Waals surface area contributed by atoms with Gasteiger partial charge in [-0.25, -0.2) is 0 Å². The van der Waals surface area contributed by atoms with Gasteiger partial charge in [0.15, 0.2) is 5.79 Å². The summed E-state index contributed by atoms with van der Waals surface area (Å²) in [4.78, 5) is 1.14. The zero-order chi connectivity index (χ0) is 21.8. The maximum atomic E-state index is 12.1. The Kier molecular flexibility index (Phi) is 4.47. The first-order valence-corrected chi connectivity index (χ1v) is 13.3. The SMILES string of the molecule is CC1(C)OC2C(O1)C1CC(O)CCC1(C)C1CCC3(C)C(CCC3(O)c3cccs3)C21. The average molecular weight is 447 g/mol. The van der Waals surface area contributed by atoms with E-state index in [9.17, 15) is 10.2 Å². The van der Waals surface area contributed by atoms with Crippen molar-refractivity contribution in [3.63, 3.8) is 0 Å². The van der Waals surface area contributed by atoms with Crippen LogP contribution in [0.5, 0.6) is 0 Å². The highest BCUT2D eigenvalue weighted by molar-refractivity contribution is 7.10. The molecule has 10 unspecified atom stereocenters. The van der Waals surface area contributed by atoms with Crippen LogP contribution in [-0.4, -0.2) is 34.3 Å². The summed E-state index contributed by atoms with van der Waals surface area (Å²) >= 11 is 1.71. The fourth-order valence-corrected chi connectivity index (χ4v) is 10.1. The molecule has 1 saturated heterocycles. The number of aliphatic hydroxyl groups is 2. The summed E-state index contributed by atoms with van der Waals surface area (Å²) in [7, 11) is 0. The van der Waals surface area contributed by atoms with Gasteiger partial charge in [0, 0.05) is 10.3 Å². The van der Waals surface area contributed by atoms with Gasteiger partial charge in [0.05, 0.1) is 18.3 Å². The fourth-order valence-electron chi connectivity index (χ4n) is 9.10. The van der Waals surface area contributed by atoms with E-state index >= 15 is 0 Å². The molecule has 0 spiro atoms. The Hall–Kier alpha value is -0.460. The molecule has 1 aromatic rings. The zero-order valence-electron chi connectivity index (χ0n) is 19.3. The van der Waals surface area contributed by atoms with Gasteiger partial charge in [-0.2, -0.15) is 0 Å². The first kappa shape index (κ1) is 21.1. The van der Waals surface area contributed by atoms with Crippen molar-refractivity contribution in [3.8, 4) is 0 Å². The Morgan fingerprint density at radius 3 is 2.42 bits per heavy atom. The van der Waals surface area contributed by atoms with Crippen LogP contribution in [0.1, 0.15) is 77.5 Å². The van der Waals surface area contributed by atoms with E-state index in [-0.39, 0.29) is 29.1 Å². The minimum absolute atomic E-state index is 0.0500. The number of hydrogen-bond acceptors (Lipinski definition) is 5. The smallest absolute Gasteiger partial charge is 0.163 e. The lowest BCUT2D eigenvalue weighted by Crippen LogP contribution is -2.64. The highest BCUT2D eigenvalue weighted by atomic mass is 32.1. The third kappa shape index (κ3) is 2.67. The van der Waals surface area contributed by atoms with Gasteiger partial charge in [0.25, 0.3) is 0 Å². The zero-order valence-corrected chi connectivity index (χ0v) is 20.2. The molecule has 0 radical (unpaired) electrons. The number of fused-ring (bicyclic) bond motifs is 8. The molecule has 5 fully saturated rings. The first-order chi connectivity index (χ1) is 14.6. The molecule has 0 bridgehead atoms. The Labute approximate surface area is 190 Å². The van der Waals surface area contributed by atoms with Crippen molar-refractivity contribution in [3.05, 3.63) is 22.4 Å². The van der Waals surface area contributed by atoms with Crippen molar-refractivity contribution < 1.29 is 19.7 Å². The van der Waals surface area contributed by atoms with Crippen LogP contribution in [0.3, 0.4) is 0 Å². The summed E-state index contributed by atoms with van der Waals surface area (Å²) in [6.45, 7) is 8.94. The van der Waals surface area contributed by atoms with Gasteiger partial charge in [0.1, 0.15) is 5.60 Å². The quantitative estimate of drug-likeness (QED) is 0.632. The second kappa shape index (κ2) is 6.56. The summed E-state index contributed by atoms with van der Waals surface area (Å²) in [5.74, 6) is 1.20. The van der Waals surface area contributed by atoms with Gasteiger partial charge in [-0.3, -0.25) is 0 Å². The molecule has 4 saturated carbocycles. The van der Waals surface area contributed by atoms with Gasteiger partial charge < -0.3 is 19.7 Å². The Morgan fingerprint density at radius 1 is 0.935 bits per heavy atom. The van der Waals surface area contributed by atoms with Crippen LogP contribution in [0, 0.1) is 34.5 Å². The van der Waals surface area contributed by atoms with E-state index in [0.717, 1.165) is 49.8 Å². The summed E-state index contributed by atoms with van der Waals surface area (Å²) in [5.41, 5.74) is -0.682. The van der Waals surface area contributed by atoms with Gasteiger partial charge in [-0.1, -0.05) is 19.9 Å². The number of hydrogen-bond donors (Lipinski definition) is 2. The van der Waals surface area contributed by atoms with E-state index in [1.807, 2.05) is 0 Å². The van der Waals surface area contributed by atoms with Crippen LogP contribution in [0.25, 0.3) is 0 Å². The molecule has 4 aliphatic carbocycles. The highest BCUT2D eigenvalue weighted by Gasteiger charge is 2.71. The number of rotatable bonds is 1. The van der Waals surface area contributed by atoms with Crippen molar-refractivity contribution in [2.75, 3.05) is 0 Å². The van der Waals surface area contributed by atoms with E-state index in [2.05, 4.69) is 45.2 Å². The van der Waals surface area contributed by atoms with Crippen LogP contribution in [0.15, 0.2) is 17.5 Å². The molecular weight excluding hydrogens is 408 g/mol. The largest absolute Gasteiger partial charge is 0.393 e. The van der Waals surface area contributed by atoms with Crippen molar-refractivity contribution in [1.29, 1.82) is 0 Å². The van der Waals surface area contributed by atoms with Crippen LogP contribution < -0.4 is 0 Å². The Morgan fingerprint density at radius 2 is 1.68 bits per heavy atom. The first-order valence-electron chi connectivity index (χ1n) is 12.4. The molecule has 172 valence electrons. The summed E-state index contributed by atoms with van der Waals surface area (Å²) in [5, 5.41) is 24.7. The average Bonchev–Trinajstić information content (AvgIpc) is 3.41. The lowest BCUT2D eigenvalue weighted by Gasteiger charge is -2.63. The molecule has 1 aliphatic heterocycles. The van der Waals surface area contributed by atoms with Crippen molar-refractivity contribution in [1.82, 2.24) is 0 Å². The third-order valence-electron chi connectivity index (χ3n) is 10.6. The molecule has 5 aliphatic rings. The molecule has 5 heteroatoms. The van der Waals surface area contributed by atoms with E-state index in [1.165, 1.54) is 0 Å². The second-order valence-electron chi connectivity index (χ2n) is 12.2. The Balaban J connectivity index is 1.44. The van der Waals surface area contributed by atoms with E-state index in [1.54, 1.807) is 11.3 Å². The number of aliphatic hydroxyl groups excluding tert-OH is 1. The molecule has 1 aromatic heterocycles. The maximum absolute atomic E-state index is 12.1. The molecular formula is C26H38O4S. The monoisotopic (exact) mass is 446 g/mol. The number of ether oxygens (including phenoxy) is 2. The third-order valence-corrected chi connectivity index (χ3v) is 11.6. The van der Waals surface area contributed by atoms with Gasteiger partial charge in [0.2, 0.25) is 0 Å². The van der Waals surface area contributed by atoms with Crippen LogP contribution in [0.4, 0.5) is 0 Å². The van der Waals surface area contributed by atoms with Crippen molar-refractivity contribution in [2.45, 2.75) is 102 Å². The molecule has 0 amide bonds. The second-order valence-corrected chi connectivity index (χ2v) is 13.2. The molecule has 4 nitrogen and oxygen atoms in total. The predicted molar refractivity (Wildman–Crippen MR) is 121 cm³/mol. The normalized spacial score (nSPS) is 55.2. The predicted octanol–water partition coefficient (Wildman–Crippen LogP) is 5.08. The molecule has 0 aromatic carbocycles. The minimum atomic E-state index is -0.734. The maximum Gasteiger partial charge on any atom is 0.163 e. The molecule has 2 N–H and O–H groups in total. The van der Waals surface area contributed by atoms with Crippen LogP contribution >= 0.6 is 11.3 Å². The molecule has 6 rings (SSSR count). The lowest BCUT2D eigenvalue weighted by molar-refractivity contribution is -0.205. The van der Waals surface area contributed by atoms with Crippen molar-refractivity contribution in [2.24, 2.45) is 34.5 Å². The highest BCUT2D eigenvalue weighted by Crippen LogP contribution is 2.71. The summed E-state index contributed by atoms with van der Waals surface area (Å²) in [6, 6.07) is 4.21. The Bertz CT molecular complexity index is 854. The fraction of sp³-hybridized carbons (Fsp3) is 0.846. The van der Waals surface area contributed by atoms with E-state index in [0.29, 0.717) is 23.7 Å². The van der Waals surface area contributed by atoms with Crippen molar-refractivity contribution >= 4 is 11.3 Å². The van der Waals surface area contributed by atoms with E-state index in [4.69, 9.17) is 9.47 Å². The molecule has 2 heterocycles. The van der Waals surface area contributed by atoms with Crippen LogP contribution in [0.2, 0.25) is 0 Å². The van der Waals surface area contributed by atoms with E-state index < -0.39 is 11.4 Å². The standard InChI is InChI=1S/C26H38O4S/c1-23(2)29-21-18-14-15(27)7-10-24(18,3)16-8-11-25(4)17(20(16)22(21)30-23)9-12-26(25,28)19-6-5-13-31-19/h5-6,13,15-18,20-22,27-28H,7-12,14H2,1-4H3. The van der Waals surface area contributed by atoms with Gasteiger partial charge >= 0.3 is 0 Å². The summed E-state index contributed by atoms with van der Waals surface area (Å²) < 4.78 is 13.3. The minimum Gasteiger partial charge on any atom is -0.393 e. The van der Waals surface area contributed by atoms with Gasteiger partial charge in [-0.15, -0.1) is 11.3 Å². The van der Waals surface area contributed by atoms with Crippen LogP contribution in [-0.2, 0) is 15.1 Å². The number of thiophene rings is 1. The lowest BCUT2D eigenvalue weighted by atomic mass is 9.43. The molecule has 10 atom stereocenters. The summed E-state index contributed by atoms with van der Waals surface area (Å²) in [6.07, 6.45) is 6.83. The topological polar surface area (TPSA) is 58.9 Å².